The smallest absolute Gasteiger partial charge is 0.262 e. The Labute approximate surface area is 161 Å². The van der Waals surface area contributed by atoms with Crippen molar-refractivity contribution in [3.63, 3.8) is 0 Å². The summed E-state index contributed by atoms with van der Waals surface area (Å²) in [5, 5.41) is 1.25. The first kappa shape index (κ1) is 18.7. The number of rotatable bonds is 6. The van der Waals surface area contributed by atoms with Crippen molar-refractivity contribution in [1.29, 1.82) is 0 Å². The highest BCUT2D eigenvalue weighted by Crippen LogP contribution is 2.26. The van der Waals surface area contributed by atoms with Gasteiger partial charge >= 0.3 is 0 Å². The van der Waals surface area contributed by atoms with Gasteiger partial charge in [0.05, 0.1) is 16.2 Å². The number of fused-ring (bicyclic) bond motifs is 1. The predicted octanol–water partition coefficient (Wildman–Crippen LogP) is 4.82. The fraction of sp³-hybridized carbons (Fsp3) is 0.250. The molecule has 0 radical (unpaired) electrons. The molecule has 0 spiro atoms. The van der Waals surface area contributed by atoms with E-state index < -0.39 is 0 Å². The van der Waals surface area contributed by atoms with Crippen LogP contribution in [0.2, 0.25) is 5.02 Å². The van der Waals surface area contributed by atoms with Crippen molar-refractivity contribution >= 4 is 40.0 Å². The maximum atomic E-state index is 12.9. The number of ketones is 1. The monoisotopic (exact) mass is 386 g/mol. The number of hydrogen-bond donors (Lipinski definition) is 0. The highest BCUT2D eigenvalue weighted by molar-refractivity contribution is 8.00. The SMILES string of the molecule is CCCn1c(S[C@@H](C)C(=O)c2ccccc2)nc2cc(Cl)ccc2c1=O. The van der Waals surface area contributed by atoms with Crippen LogP contribution in [0.3, 0.4) is 0 Å². The zero-order valence-electron chi connectivity index (χ0n) is 14.6. The number of halogens is 1. The molecule has 0 aliphatic heterocycles. The van der Waals surface area contributed by atoms with E-state index in [1.165, 1.54) is 11.8 Å². The number of thioether (sulfide) groups is 1. The van der Waals surface area contributed by atoms with E-state index in [0.717, 1.165) is 6.42 Å². The van der Waals surface area contributed by atoms with E-state index in [0.29, 0.717) is 33.2 Å². The molecule has 0 aliphatic rings. The van der Waals surface area contributed by atoms with Crippen LogP contribution in [0.1, 0.15) is 30.6 Å². The largest absolute Gasteiger partial charge is 0.293 e. The first-order valence-corrected chi connectivity index (χ1v) is 9.73. The molecule has 0 saturated carbocycles. The topological polar surface area (TPSA) is 52.0 Å². The van der Waals surface area contributed by atoms with Gasteiger partial charge in [0.25, 0.3) is 5.56 Å². The van der Waals surface area contributed by atoms with Crippen LogP contribution in [0.4, 0.5) is 0 Å². The van der Waals surface area contributed by atoms with E-state index in [9.17, 15) is 9.59 Å². The Bertz CT molecular complexity index is 1000. The summed E-state index contributed by atoms with van der Waals surface area (Å²) in [4.78, 5) is 30.1. The van der Waals surface area contributed by atoms with Gasteiger partial charge in [-0.15, -0.1) is 0 Å². The number of nitrogens with zero attached hydrogens (tertiary/aromatic N) is 2. The van der Waals surface area contributed by atoms with Gasteiger partial charge in [-0.25, -0.2) is 4.98 Å². The number of benzene rings is 2. The molecule has 0 unspecified atom stereocenters. The summed E-state index contributed by atoms with van der Waals surface area (Å²) in [6.45, 7) is 4.40. The number of carbonyl (C=O) groups is 1. The number of hydrogen-bond acceptors (Lipinski definition) is 4. The average molecular weight is 387 g/mol. The molecule has 0 N–H and O–H groups in total. The highest BCUT2D eigenvalue weighted by Gasteiger charge is 2.20. The minimum Gasteiger partial charge on any atom is -0.293 e. The summed E-state index contributed by atoms with van der Waals surface area (Å²) in [6, 6.07) is 14.2. The molecule has 134 valence electrons. The van der Waals surface area contributed by atoms with Gasteiger partial charge in [0.1, 0.15) is 0 Å². The molecular weight excluding hydrogens is 368 g/mol. The fourth-order valence-corrected chi connectivity index (χ4v) is 3.91. The summed E-state index contributed by atoms with van der Waals surface area (Å²) in [5.74, 6) is 0.0130. The standard InChI is InChI=1S/C20H19ClN2O2S/c1-3-11-23-19(25)16-10-9-15(21)12-17(16)22-20(23)26-13(2)18(24)14-7-5-4-6-8-14/h4-10,12-13H,3,11H2,1-2H3/t13-/m0/s1. The van der Waals surface area contributed by atoms with E-state index >= 15 is 0 Å². The molecular formula is C20H19ClN2O2S. The Morgan fingerprint density at radius 1 is 1.23 bits per heavy atom. The summed E-state index contributed by atoms with van der Waals surface area (Å²) in [7, 11) is 0. The van der Waals surface area contributed by atoms with Crippen LogP contribution in [-0.4, -0.2) is 20.6 Å². The summed E-state index contributed by atoms with van der Waals surface area (Å²) >= 11 is 7.36. The second-order valence-corrected chi connectivity index (χ2v) is 7.75. The lowest BCUT2D eigenvalue weighted by atomic mass is 10.1. The third-order valence-electron chi connectivity index (χ3n) is 4.04. The molecule has 0 bridgehead atoms. The van der Waals surface area contributed by atoms with Crippen LogP contribution in [-0.2, 0) is 6.54 Å². The minimum absolute atomic E-state index is 0.0130. The van der Waals surface area contributed by atoms with Crippen molar-refractivity contribution in [3.8, 4) is 0 Å². The molecule has 1 heterocycles. The molecule has 1 aromatic heterocycles. The van der Waals surface area contributed by atoms with Gasteiger partial charge < -0.3 is 0 Å². The first-order valence-electron chi connectivity index (χ1n) is 8.47. The molecule has 0 aliphatic carbocycles. The molecule has 0 fully saturated rings. The van der Waals surface area contributed by atoms with Gasteiger partial charge in [-0.2, -0.15) is 0 Å². The molecule has 6 heteroatoms. The second kappa shape index (κ2) is 8.06. The average Bonchev–Trinajstić information content (AvgIpc) is 2.64. The van der Waals surface area contributed by atoms with E-state index in [1.807, 2.05) is 32.0 Å². The van der Waals surface area contributed by atoms with E-state index in [2.05, 4.69) is 4.98 Å². The second-order valence-electron chi connectivity index (χ2n) is 6.00. The molecule has 1 atom stereocenters. The molecule has 0 amide bonds. The van der Waals surface area contributed by atoms with Crippen LogP contribution in [0.5, 0.6) is 0 Å². The Hall–Kier alpha value is -2.11. The van der Waals surface area contributed by atoms with Crippen molar-refractivity contribution in [2.45, 2.75) is 37.2 Å². The highest BCUT2D eigenvalue weighted by atomic mass is 35.5. The number of carbonyl (C=O) groups excluding carboxylic acids is 1. The van der Waals surface area contributed by atoms with Crippen molar-refractivity contribution in [2.75, 3.05) is 0 Å². The van der Waals surface area contributed by atoms with Crippen LogP contribution >= 0.6 is 23.4 Å². The van der Waals surface area contributed by atoms with E-state index in [-0.39, 0.29) is 16.6 Å². The maximum Gasteiger partial charge on any atom is 0.262 e. The number of Topliss-reactive ketones (excluding diaryl/α,β-unsaturated/α-hetero) is 1. The lowest BCUT2D eigenvalue weighted by molar-refractivity contribution is 0.0994. The van der Waals surface area contributed by atoms with Gasteiger partial charge in [0.15, 0.2) is 10.9 Å². The van der Waals surface area contributed by atoms with Crippen molar-refractivity contribution in [1.82, 2.24) is 9.55 Å². The maximum absolute atomic E-state index is 12.9. The molecule has 3 rings (SSSR count). The van der Waals surface area contributed by atoms with Crippen LogP contribution in [0.25, 0.3) is 10.9 Å². The van der Waals surface area contributed by atoms with Crippen molar-refractivity contribution < 1.29 is 4.79 Å². The summed E-state index contributed by atoms with van der Waals surface area (Å²) in [6.07, 6.45) is 0.801. The Balaban J connectivity index is 2.01. The normalized spacial score (nSPS) is 12.3. The predicted molar refractivity (Wildman–Crippen MR) is 107 cm³/mol. The Morgan fingerprint density at radius 2 is 1.96 bits per heavy atom. The lowest BCUT2D eigenvalue weighted by Gasteiger charge is -2.15. The molecule has 2 aromatic carbocycles. The van der Waals surface area contributed by atoms with Gasteiger partial charge in [0, 0.05) is 17.1 Å². The fourth-order valence-electron chi connectivity index (χ4n) is 2.73. The molecule has 0 saturated heterocycles. The van der Waals surface area contributed by atoms with Gasteiger partial charge in [-0.3, -0.25) is 14.2 Å². The van der Waals surface area contributed by atoms with Crippen LogP contribution in [0, 0.1) is 0 Å². The van der Waals surface area contributed by atoms with Gasteiger partial charge in [0.2, 0.25) is 0 Å². The Kier molecular flexibility index (Phi) is 5.79. The molecule has 3 aromatic rings. The quantitative estimate of drug-likeness (QED) is 0.346. The third kappa shape index (κ3) is 3.84. The van der Waals surface area contributed by atoms with Crippen molar-refractivity contribution in [3.05, 3.63) is 69.5 Å². The zero-order valence-corrected chi connectivity index (χ0v) is 16.2. The number of aromatic nitrogens is 2. The van der Waals surface area contributed by atoms with Crippen molar-refractivity contribution in [2.24, 2.45) is 0 Å². The first-order chi connectivity index (χ1) is 12.5. The minimum atomic E-state index is -0.357. The molecule has 26 heavy (non-hydrogen) atoms. The third-order valence-corrected chi connectivity index (χ3v) is 5.36. The van der Waals surface area contributed by atoms with Crippen LogP contribution < -0.4 is 5.56 Å². The van der Waals surface area contributed by atoms with E-state index in [1.54, 1.807) is 34.9 Å². The van der Waals surface area contributed by atoms with Crippen LogP contribution in [0.15, 0.2) is 58.5 Å². The van der Waals surface area contributed by atoms with Gasteiger partial charge in [-0.1, -0.05) is 60.6 Å². The Morgan fingerprint density at radius 3 is 2.65 bits per heavy atom. The van der Waals surface area contributed by atoms with Gasteiger partial charge in [-0.05, 0) is 31.5 Å². The lowest BCUT2D eigenvalue weighted by Crippen LogP contribution is -2.25. The zero-order chi connectivity index (χ0) is 18.7. The molecule has 4 nitrogen and oxygen atoms in total. The summed E-state index contributed by atoms with van der Waals surface area (Å²) < 4.78 is 1.65. The van der Waals surface area contributed by atoms with E-state index in [4.69, 9.17) is 11.6 Å². The summed E-state index contributed by atoms with van der Waals surface area (Å²) in [5.41, 5.74) is 1.10.